The minimum absolute atomic E-state index is 0.0486. The van der Waals surface area contributed by atoms with Crippen molar-refractivity contribution in [2.24, 2.45) is 5.92 Å². The highest BCUT2D eigenvalue weighted by atomic mass is 16.7. The van der Waals surface area contributed by atoms with E-state index in [0.717, 1.165) is 32.3 Å². The largest absolute Gasteiger partial charge is 0.457 e. The second kappa shape index (κ2) is 6.38. The van der Waals surface area contributed by atoms with Crippen molar-refractivity contribution in [2.75, 3.05) is 20.1 Å². The Morgan fingerprint density at radius 2 is 1.78 bits per heavy atom. The molecule has 2 heterocycles. The minimum atomic E-state index is -0.258. The van der Waals surface area contributed by atoms with Gasteiger partial charge in [-0.2, -0.15) is 0 Å². The van der Waals surface area contributed by atoms with E-state index in [1.54, 1.807) is 6.92 Å². The van der Waals surface area contributed by atoms with Crippen LogP contribution in [0.4, 0.5) is 0 Å². The van der Waals surface area contributed by atoms with E-state index in [9.17, 15) is 4.79 Å². The fourth-order valence-corrected chi connectivity index (χ4v) is 4.03. The van der Waals surface area contributed by atoms with Gasteiger partial charge in [0.2, 0.25) is 5.91 Å². The van der Waals surface area contributed by atoms with Crippen LogP contribution >= 0.6 is 0 Å². The summed E-state index contributed by atoms with van der Waals surface area (Å²) in [4.78, 5) is 13.8. The van der Waals surface area contributed by atoms with Crippen LogP contribution in [0.1, 0.15) is 54.4 Å². The lowest BCUT2D eigenvalue weighted by Crippen LogP contribution is -2.57. The molecule has 0 aliphatic carbocycles. The second-order valence-electron chi connectivity index (χ2n) is 8.77. The molecule has 2 fully saturated rings. The number of carbonyl (C=O) groups excluding carboxylic acids is 1. The Bertz CT molecular complexity index is 439. The molecule has 132 valence electrons. The summed E-state index contributed by atoms with van der Waals surface area (Å²) in [5.41, 5.74) is -0.656. The third-order valence-corrected chi connectivity index (χ3v) is 5.52. The third-order valence-electron chi connectivity index (χ3n) is 5.52. The van der Waals surface area contributed by atoms with E-state index in [0.29, 0.717) is 5.92 Å². The van der Waals surface area contributed by atoms with E-state index in [-0.39, 0.29) is 29.8 Å². The van der Waals surface area contributed by atoms with Gasteiger partial charge in [0.05, 0.1) is 16.7 Å². The van der Waals surface area contributed by atoms with Gasteiger partial charge in [-0.25, -0.2) is 0 Å². The maximum atomic E-state index is 11.5. The number of piperidine rings is 1. The summed E-state index contributed by atoms with van der Waals surface area (Å²) in [5, 5.41) is 3.13. The molecule has 6 heteroatoms. The van der Waals surface area contributed by atoms with Crippen molar-refractivity contribution in [1.82, 2.24) is 10.2 Å². The first-order chi connectivity index (χ1) is 10.4. The molecule has 0 radical (unpaired) electrons. The highest BCUT2D eigenvalue weighted by molar-refractivity contribution is 6.45. The fourth-order valence-electron chi connectivity index (χ4n) is 4.03. The number of likely N-dealkylation sites (tertiary alicyclic amines) is 1. The van der Waals surface area contributed by atoms with Gasteiger partial charge in [0, 0.05) is 20.0 Å². The number of nitrogens with zero attached hydrogens (tertiary/aromatic N) is 1. The number of hydrogen-bond donors (Lipinski definition) is 1. The summed E-state index contributed by atoms with van der Waals surface area (Å²) in [5.74, 6) is 0.595. The van der Waals surface area contributed by atoms with E-state index in [1.165, 1.54) is 0 Å². The molecule has 0 aromatic rings. The van der Waals surface area contributed by atoms with E-state index in [1.807, 2.05) is 0 Å². The predicted octanol–water partition coefficient (Wildman–Crippen LogP) is 2.32. The van der Waals surface area contributed by atoms with Crippen molar-refractivity contribution in [3.63, 3.8) is 0 Å². The number of nitrogens with one attached hydrogen (secondary N) is 1. The van der Waals surface area contributed by atoms with Crippen LogP contribution in [-0.4, -0.2) is 54.8 Å². The Morgan fingerprint density at radius 1 is 1.22 bits per heavy atom. The average molecular weight is 324 g/mol. The first-order valence-electron chi connectivity index (χ1n) is 8.75. The lowest BCUT2D eigenvalue weighted by Gasteiger charge is -2.43. The number of rotatable bonds is 4. The Hall–Kier alpha value is -0.585. The summed E-state index contributed by atoms with van der Waals surface area (Å²) in [7, 11) is 2.00. The van der Waals surface area contributed by atoms with Gasteiger partial charge in [0.15, 0.2) is 0 Å². The maximum Gasteiger partial charge on any atom is 0.457 e. The topological polar surface area (TPSA) is 50.8 Å². The van der Waals surface area contributed by atoms with E-state index in [4.69, 9.17) is 9.31 Å². The van der Waals surface area contributed by atoms with Gasteiger partial charge >= 0.3 is 7.12 Å². The van der Waals surface area contributed by atoms with Gasteiger partial charge in [0.25, 0.3) is 0 Å². The SMILES string of the molecule is CC(=O)N[C@]1(C)C[C@H](CCB2OC(C)(C)C(C)(C)O2)CN(C)C1. The smallest absolute Gasteiger partial charge is 0.403 e. The molecule has 0 aromatic heterocycles. The van der Waals surface area contributed by atoms with Crippen LogP contribution in [0.15, 0.2) is 0 Å². The van der Waals surface area contributed by atoms with Gasteiger partial charge in [0.1, 0.15) is 0 Å². The van der Waals surface area contributed by atoms with Crippen molar-refractivity contribution in [1.29, 1.82) is 0 Å². The molecule has 0 aromatic carbocycles. The van der Waals surface area contributed by atoms with Crippen molar-refractivity contribution >= 4 is 13.0 Å². The fraction of sp³-hybridized carbons (Fsp3) is 0.941. The quantitative estimate of drug-likeness (QED) is 0.807. The molecule has 0 saturated carbocycles. The molecule has 23 heavy (non-hydrogen) atoms. The lowest BCUT2D eigenvalue weighted by molar-refractivity contribution is -0.121. The average Bonchev–Trinajstić information content (AvgIpc) is 2.52. The van der Waals surface area contributed by atoms with E-state index in [2.05, 4.69) is 51.9 Å². The van der Waals surface area contributed by atoms with Gasteiger partial charge in [-0.15, -0.1) is 0 Å². The molecule has 1 amide bonds. The zero-order valence-electron chi connectivity index (χ0n) is 15.9. The number of likely N-dealkylation sites (N-methyl/N-ethyl adjacent to an activating group) is 1. The summed E-state index contributed by atoms with van der Waals surface area (Å²) in [6.07, 6.45) is 2.97. The van der Waals surface area contributed by atoms with Crippen LogP contribution in [-0.2, 0) is 14.1 Å². The molecule has 0 bridgehead atoms. The summed E-state index contributed by atoms with van der Waals surface area (Å²) < 4.78 is 12.2. The standard InChI is InChI=1S/C17H33BN2O3/c1-13(21)19-17(6)10-14(11-20(7)12-17)8-9-18-22-15(2,3)16(4,5)23-18/h14H,8-12H2,1-7H3,(H,19,21)/t14-,17+/m0/s1. The van der Waals surface area contributed by atoms with Crippen molar-refractivity contribution in [3.05, 3.63) is 0 Å². The minimum Gasteiger partial charge on any atom is -0.403 e. The monoisotopic (exact) mass is 324 g/mol. The highest BCUT2D eigenvalue weighted by Crippen LogP contribution is 2.39. The molecule has 2 aliphatic heterocycles. The summed E-state index contributed by atoms with van der Waals surface area (Å²) >= 11 is 0. The van der Waals surface area contributed by atoms with Crippen LogP contribution < -0.4 is 5.32 Å². The first-order valence-corrected chi connectivity index (χ1v) is 8.75. The molecular weight excluding hydrogens is 291 g/mol. The van der Waals surface area contributed by atoms with Crippen LogP contribution in [0.2, 0.25) is 6.32 Å². The summed E-state index contributed by atoms with van der Waals surface area (Å²) in [6, 6.07) is 0. The molecule has 2 aliphatic rings. The number of hydrogen-bond acceptors (Lipinski definition) is 4. The van der Waals surface area contributed by atoms with Gasteiger partial charge < -0.3 is 19.5 Å². The molecule has 0 spiro atoms. The van der Waals surface area contributed by atoms with E-state index >= 15 is 0 Å². The molecule has 2 saturated heterocycles. The molecule has 1 N–H and O–H groups in total. The van der Waals surface area contributed by atoms with Crippen molar-refractivity contribution in [2.45, 2.75) is 77.4 Å². The molecule has 2 rings (SSSR count). The maximum absolute atomic E-state index is 11.5. The van der Waals surface area contributed by atoms with Gasteiger partial charge in [-0.05, 0) is 60.3 Å². The molecule has 5 nitrogen and oxygen atoms in total. The zero-order chi connectivity index (χ0) is 17.5. The Morgan fingerprint density at radius 3 is 2.30 bits per heavy atom. The Balaban J connectivity index is 1.89. The van der Waals surface area contributed by atoms with Gasteiger partial charge in [-0.3, -0.25) is 4.79 Å². The zero-order valence-corrected chi connectivity index (χ0v) is 15.9. The lowest BCUT2D eigenvalue weighted by atomic mass is 9.75. The van der Waals surface area contributed by atoms with Gasteiger partial charge in [-0.1, -0.05) is 6.42 Å². The van der Waals surface area contributed by atoms with Crippen LogP contribution in [0.5, 0.6) is 0 Å². The molecule has 2 atom stereocenters. The number of amides is 1. The predicted molar refractivity (Wildman–Crippen MR) is 93.3 cm³/mol. The normalized spacial score (nSPS) is 33.7. The van der Waals surface area contributed by atoms with Crippen molar-refractivity contribution < 1.29 is 14.1 Å². The second-order valence-corrected chi connectivity index (χ2v) is 8.77. The third kappa shape index (κ3) is 4.49. The van der Waals surface area contributed by atoms with Crippen molar-refractivity contribution in [3.8, 4) is 0 Å². The Kier molecular flexibility index (Phi) is 5.20. The highest BCUT2D eigenvalue weighted by Gasteiger charge is 2.50. The number of carbonyl (C=O) groups is 1. The van der Waals surface area contributed by atoms with E-state index < -0.39 is 0 Å². The molecular formula is C17H33BN2O3. The Labute approximate surface area is 141 Å². The van der Waals surface area contributed by atoms with Crippen LogP contribution in [0.25, 0.3) is 0 Å². The summed E-state index contributed by atoms with van der Waals surface area (Å²) in [6.45, 7) is 14.1. The first kappa shape index (κ1) is 18.7. The molecule has 0 unspecified atom stereocenters. The van der Waals surface area contributed by atoms with Crippen LogP contribution in [0.3, 0.4) is 0 Å². The van der Waals surface area contributed by atoms with Crippen LogP contribution in [0, 0.1) is 5.92 Å².